The summed E-state index contributed by atoms with van der Waals surface area (Å²) >= 11 is 0. The van der Waals surface area contributed by atoms with Crippen LogP contribution in [0.15, 0.2) is 30.6 Å². The smallest absolute Gasteiger partial charge is 0.234 e. The van der Waals surface area contributed by atoms with Gasteiger partial charge in [-0.25, -0.2) is 4.98 Å². The van der Waals surface area contributed by atoms with Gasteiger partial charge in [-0.3, -0.25) is 19.4 Å². The topological polar surface area (TPSA) is 82.0 Å². The molecule has 2 N–H and O–H groups in total. The minimum atomic E-state index is -0.0824. The Hall–Kier alpha value is -2.45. The van der Waals surface area contributed by atoms with Crippen LogP contribution in [-0.2, 0) is 16.1 Å². The van der Waals surface area contributed by atoms with Crippen molar-refractivity contribution in [3.8, 4) is 0 Å². The molecule has 1 aliphatic rings. The molecule has 0 aliphatic carbocycles. The third-order valence-corrected chi connectivity index (χ3v) is 4.45. The molecule has 140 valence electrons. The van der Waals surface area contributed by atoms with Gasteiger partial charge in [-0.2, -0.15) is 0 Å². The molecular weight excluding hydrogens is 332 g/mol. The van der Waals surface area contributed by atoms with Crippen LogP contribution >= 0.6 is 0 Å². The molecule has 0 aromatic carbocycles. The van der Waals surface area contributed by atoms with Crippen molar-refractivity contribution < 1.29 is 9.59 Å². The van der Waals surface area contributed by atoms with E-state index in [1.165, 1.54) is 6.92 Å². The first-order valence-corrected chi connectivity index (χ1v) is 8.98. The molecule has 3 heterocycles. The number of fused-ring (bicyclic) bond motifs is 1. The number of nitrogens with zero attached hydrogens (tertiary/aromatic N) is 4. The minimum absolute atomic E-state index is 0.00385. The Kier molecular flexibility index (Phi) is 6.19. The molecule has 0 atom stereocenters. The minimum Gasteiger partial charge on any atom is -0.355 e. The van der Waals surface area contributed by atoms with E-state index in [0.717, 1.165) is 44.1 Å². The number of hydrogen-bond acceptors (Lipinski definition) is 5. The van der Waals surface area contributed by atoms with Crippen molar-refractivity contribution in [2.45, 2.75) is 13.5 Å². The second kappa shape index (κ2) is 8.77. The van der Waals surface area contributed by atoms with E-state index in [0.29, 0.717) is 19.6 Å². The predicted molar refractivity (Wildman–Crippen MR) is 98.6 cm³/mol. The monoisotopic (exact) mass is 358 g/mol. The maximum atomic E-state index is 11.9. The highest BCUT2D eigenvalue weighted by molar-refractivity contribution is 5.78. The number of piperazine rings is 1. The molecule has 8 nitrogen and oxygen atoms in total. The van der Waals surface area contributed by atoms with Gasteiger partial charge in [0, 0.05) is 65.1 Å². The Labute approximate surface area is 153 Å². The van der Waals surface area contributed by atoms with Crippen molar-refractivity contribution in [1.29, 1.82) is 0 Å². The van der Waals surface area contributed by atoms with Gasteiger partial charge in [-0.05, 0) is 12.1 Å². The first kappa shape index (κ1) is 18.3. The molecule has 0 radical (unpaired) electrons. The Morgan fingerprint density at radius 1 is 1.08 bits per heavy atom. The summed E-state index contributed by atoms with van der Waals surface area (Å²) < 4.78 is 2.04. The van der Waals surface area contributed by atoms with Crippen LogP contribution in [-0.4, -0.2) is 76.8 Å². The normalized spacial score (nSPS) is 15.9. The fourth-order valence-electron chi connectivity index (χ4n) is 3.10. The van der Waals surface area contributed by atoms with Crippen molar-refractivity contribution in [2.24, 2.45) is 0 Å². The Morgan fingerprint density at radius 3 is 2.54 bits per heavy atom. The number of pyridine rings is 1. The third-order valence-electron chi connectivity index (χ3n) is 4.45. The number of aromatic nitrogens is 2. The Balaban J connectivity index is 1.37. The van der Waals surface area contributed by atoms with E-state index in [1.807, 2.05) is 28.8 Å². The second-order valence-electron chi connectivity index (χ2n) is 6.58. The number of rotatable bonds is 7. The summed E-state index contributed by atoms with van der Waals surface area (Å²) in [5.41, 5.74) is 2.04. The third kappa shape index (κ3) is 5.27. The number of hydrogen-bond donors (Lipinski definition) is 2. The molecule has 3 rings (SSSR count). The molecule has 1 aliphatic heterocycles. The van der Waals surface area contributed by atoms with Crippen molar-refractivity contribution in [3.63, 3.8) is 0 Å². The highest BCUT2D eigenvalue weighted by Gasteiger charge is 2.19. The molecule has 2 aromatic heterocycles. The summed E-state index contributed by atoms with van der Waals surface area (Å²) in [7, 11) is 0. The second-order valence-corrected chi connectivity index (χ2v) is 6.58. The van der Waals surface area contributed by atoms with Crippen LogP contribution in [0.3, 0.4) is 0 Å². The maximum Gasteiger partial charge on any atom is 0.234 e. The summed E-state index contributed by atoms with van der Waals surface area (Å²) in [5.74, 6) is -0.0786. The number of imidazole rings is 1. The van der Waals surface area contributed by atoms with E-state index in [9.17, 15) is 9.59 Å². The van der Waals surface area contributed by atoms with Gasteiger partial charge in [0.2, 0.25) is 11.8 Å². The molecule has 8 heteroatoms. The van der Waals surface area contributed by atoms with Crippen LogP contribution in [0.5, 0.6) is 0 Å². The van der Waals surface area contributed by atoms with Gasteiger partial charge >= 0.3 is 0 Å². The zero-order valence-electron chi connectivity index (χ0n) is 15.1. The molecular formula is C18H26N6O2. The molecule has 0 bridgehead atoms. The summed E-state index contributed by atoms with van der Waals surface area (Å²) in [6.07, 6.45) is 4.08. The summed E-state index contributed by atoms with van der Waals surface area (Å²) in [6, 6.07) is 6.00. The zero-order chi connectivity index (χ0) is 18.4. The van der Waals surface area contributed by atoms with Crippen molar-refractivity contribution in [2.75, 3.05) is 45.8 Å². The Morgan fingerprint density at radius 2 is 1.81 bits per heavy atom. The lowest BCUT2D eigenvalue weighted by molar-refractivity contribution is -0.123. The summed E-state index contributed by atoms with van der Waals surface area (Å²) in [5, 5.41) is 5.49. The van der Waals surface area contributed by atoms with Gasteiger partial charge in [0.1, 0.15) is 5.65 Å². The quantitative estimate of drug-likeness (QED) is 0.665. The van der Waals surface area contributed by atoms with Gasteiger partial charge in [0.15, 0.2) is 0 Å². The molecule has 0 unspecified atom stereocenters. The van der Waals surface area contributed by atoms with E-state index < -0.39 is 0 Å². The maximum absolute atomic E-state index is 11.9. The van der Waals surface area contributed by atoms with Crippen molar-refractivity contribution >= 4 is 17.5 Å². The fourth-order valence-corrected chi connectivity index (χ4v) is 3.10. The summed E-state index contributed by atoms with van der Waals surface area (Å²) in [6.45, 7) is 7.22. The molecule has 26 heavy (non-hydrogen) atoms. The number of carbonyl (C=O) groups is 2. The largest absolute Gasteiger partial charge is 0.355 e. The molecule has 0 spiro atoms. The van der Waals surface area contributed by atoms with Crippen molar-refractivity contribution in [1.82, 2.24) is 29.8 Å². The highest BCUT2D eigenvalue weighted by atomic mass is 16.2. The van der Waals surface area contributed by atoms with Crippen LogP contribution in [0.25, 0.3) is 5.65 Å². The fraction of sp³-hybridized carbons (Fsp3) is 0.500. The van der Waals surface area contributed by atoms with Gasteiger partial charge in [-0.1, -0.05) is 6.07 Å². The average molecular weight is 358 g/mol. The van der Waals surface area contributed by atoms with Crippen molar-refractivity contribution in [3.05, 3.63) is 36.3 Å². The van der Waals surface area contributed by atoms with Gasteiger partial charge in [-0.15, -0.1) is 0 Å². The molecule has 0 saturated carbocycles. The summed E-state index contributed by atoms with van der Waals surface area (Å²) in [4.78, 5) is 31.9. The predicted octanol–water partition coefficient (Wildman–Crippen LogP) is -0.296. The number of nitrogens with one attached hydrogen (secondary N) is 2. The van der Waals surface area contributed by atoms with E-state index in [-0.39, 0.29) is 11.8 Å². The average Bonchev–Trinajstić information content (AvgIpc) is 3.02. The number of amides is 2. The van der Waals surface area contributed by atoms with Gasteiger partial charge in [0.25, 0.3) is 0 Å². The molecule has 2 aromatic rings. The Bertz CT molecular complexity index is 718. The lowest BCUT2D eigenvalue weighted by atomic mass is 10.3. The van der Waals surface area contributed by atoms with Crippen LogP contribution < -0.4 is 10.6 Å². The number of carbonyl (C=O) groups excluding carboxylic acids is 2. The van der Waals surface area contributed by atoms with Gasteiger partial charge < -0.3 is 15.0 Å². The molecule has 1 fully saturated rings. The zero-order valence-corrected chi connectivity index (χ0v) is 15.1. The SMILES string of the molecule is CC(=O)NCCNC(=O)CN1CCN(Cc2cn3ccccc3n2)CC1. The van der Waals surface area contributed by atoms with E-state index >= 15 is 0 Å². The van der Waals surface area contributed by atoms with Gasteiger partial charge in [0.05, 0.1) is 12.2 Å². The van der Waals surface area contributed by atoms with E-state index in [2.05, 4.69) is 31.6 Å². The lowest BCUT2D eigenvalue weighted by Crippen LogP contribution is -2.49. The van der Waals surface area contributed by atoms with Crippen LogP contribution in [0.2, 0.25) is 0 Å². The first-order chi connectivity index (χ1) is 12.6. The molecule has 1 saturated heterocycles. The van der Waals surface area contributed by atoms with Crippen LogP contribution in [0.4, 0.5) is 0 Å². The molecule has 2 amide bonds. The van der Waals surface area contributed by atoms with Crippen LogP contribution in [0, 0.1) is 0 Å². The lowest BCUT2D eigenvalue weighted by Gasteiger charge is -2.33. The first-order valence-electron chi connectivity index (χ1n) is 8.98. The van der Waals surface area contributed by atoms with Crippen LogP contribution in [0.1, 0.15) is 12.6 Å². The van der Waals surface area contributed by atoms with E-state index in [1.54, 1.807) is 0 Å². The van der Waals surface area contributed by atoms with E-state index in [4.69, 9.17) is 0 Å². The highest BCUT2D eigenvalue weighted by Crippen LogP contribution is 2.09. The standard InChI is InChI=1S/C18H26N6O2/c1-15(25)19-5-6-20-18(26)14-23-10-8-22(9-11-23)12-16-13-24-7-3-2-4-17(24)21-16/h2-4,7,13H,5-6,8-12,14H2,1H3,(H,19,25)(H,20,26).